The summed E-state index contributed by atoms with van der Waals surface area (Å²) in [4.78, 5) is 11.0. The van der Waals surface area contributed by atoms with Crippen molar-refractivity contribution in [3.63, 3.8) is 0 Å². The van der Waals surface area contributed by atoms with Gasteiger partial charge in [-0.05, 0) is 18.8 Å². The van der Waals surface area contributed by atoms with E-state index in [9.17, 15) is 0 Å². The first-order valence-electron chi connectivity index (χ1n) is 6.73. The minimum Gasteiger partial charge on any atom is -0.384 e. The highest BCUT2D eigenvalue weighted by molar-refractivity contribution is 5.87. The number of aromatic amines is 1. The molecule has 0 atom stereocenters. The fraction of sp³-hybridized carbons (Fsp3) is 0.583. The van der Waals surface area contributed by atoms with E-state index in [1.165, 1.54) is 0 Å². The third-order valence-electron chi connectivity index (χ3n) is 3.74. The minimum absolute atomic E-state index is 0.399. The Morgan fingerprint density at radius 2 is 2.25 bits per heavy atom. The zero-order valence-electron chi connectivity index (χ0n) is 11.5. The molecule has 0 saturated carbocycles. The van der Waals surface area contributed by atoms with E-state index in [1.807, 2.05) is 0 Å². The lowest BCUT2D eigenvalue weighted by atomic mass is 9.98. The number of ether oxygens (including phenoxy) is 1. The number of rotatable bonds is 4. The zero-order valence-corrected chi connectivity index (χ0v) is 11.5. The molecule has 4 N–H and O–H groups in total. The quantitative estimate of drug-likeness (QED) is 0.552. The molecular weight excluding hydrogens is 258 g/mol. The lowest BCUT2D eigenvalue weighted by Crippen LogP contribution is -2.35. The van der Waals surface area contributed by atoms with Crippen LogP contribution in [0.25, 0.3) is 11.0 Å². The molecule has 8 heteroatoms. The second-order valence-corrected chi connectivity index (χ2v) is 5.03. The molecule has 0 amide bonds. The highest BCUT2D eigenvalue weighted by atomic mass is 16.5. The Kier molecular flexibility index (Phi) is 3.66. The second kappa shape index (κ2) is 5.59. The Labute approximate surface area is 116 Å². The van der Waals surface area contributed by atoms with Crippen molar-refractivity contribution >= 4 is 22.8 Å². The molecule has 2 aromatic rings. The molecule has 1 saturated heterocycles. The molecule has 0 spiro atoms. The fourth-order valence-electron chi connectivity index (χ4n) is 2.67. The normalized spacial score (nSPS) is 16.8. The van der Waals surface area contributed by atoms with E-state index >= 15 is 0 Å². The van der Waals surface area contributed by atoms with Crippen LogP contribution >= 0.6 is 0 Å². The Balaban J connectivity index is 1.85. The van der Waals surface area contributed by atoms with Crippen molar-refractivity contribution in [1.82, 2.24) is 20.2 Å². The summed E-state index contributed by atoms with van der Waals surface area (Å²) in [6, 6.07) is 0. The smallest absolute Gasteiger partial charge is 0.241 e. The predicted octanol–water partition coefficient (Wildman–Crippen LogP) is 0.501. The third kappa shape index (κ3) is 2.39. The van der Waals surface area contributed by atoms with Gasteiger partial charge in [0.05, 0.1) is 11.6 Å². The highest BCUT2D eigenvalue weighted by Crippen LogP contribution is 2.28. The molecule has 1 aliphatic heterocycles. The Bertz CT molecular complexity index is 576. The summed E-state index contributed by atoms with van der Waals surface area (Å²) in [5.74, 6) is 7.34. The van der Waals surface area contributed by atoms with Gasteiger partial charge in [-0.25, -0.2) is 5.84 Å². The molecular formula is C12H19N7O. The van der Waals surface area contributed by atoms with Crippen molar-refractivity contribution < 1.29 is 4.74 Å². The first-order chi connectivity index (χ1) is 9.81. The van der Waals surface area contributed by atoms with Crippen LogP contribution in [-0.2, 0) is 4.74 Å². The van der Waals surface area contributed by atoms with Crippen molar-refractivity contribution in [3.05, 3.63) is 6.20 Å². The van der Waals surface area contributed by atoms with E-state index in [0.29, 0.717) is 17.5 Å². The summed E-state index contributed by atoms with van der Waals surface area (Å²) in [6.45, 7) is 2.74. The molecule has 20 heavy (non-hydrogen) atoms. The summed E-state index contributed by atoms with van der Waals surface area (Å²) in [6.07, 6.45) is 3.96. The van der Waals surface area contributed by atoms with Crippen molar-refractivity contribution in [2.45, 2.75) is 12.8 Å². The number of aromatic nitrogens is 4. The summed E-state index contributed by atoms with van der Waals surface area (Å²) < 4.78 is 5.23. The minimum atomic E-state index is 0.399. The van der Waals surface area contributed by atoms with Crippen molar-refractivity contribution in [1.29, 1.82) is 0 Å². The maximum atomic E-state index is 5.43. The van der Waals surface area contributed by atoms with Crippen molar-refractivity contribution in [2.24, 2.45) is 11.8 Å². The molecule has 0 unspecified atom stereocenters. The van der Waals surface area contributed by atoms with Gasteiger partial charge in [0.15, 0.2) is 5.65 Å². The molecule has 1 fully saturated rings. The monoisotopic (exact) mass is 277 g/mol. The van der Waals surface area contributed by atoms with Gasteiger partial charge in [0.1, 0.15) is 5.82 Å². The number of methoxy groups -OCH3 is 1. The molecule has 108 valence electrons. The first kappa shape index (κ1) is 13.1. The number of piperidine rings is 1. The molecule has 3 rings (SSSR count). The van der Waals surface area contributed by atoms with Gasteiger partial charge in [-0.3, -0.25) is 10.5 Å². The first-order valence-corrected chi connectivity index (χ1v) is 6.73. The molecule has 0 bridgehead atoms. The summed E-state index contributed by atoms with van der Waals surface area (Å²) >= 11 is 0. The summed E-state index contributed by atoms with van der Waals surface area (Å²) in [5.41, 5.74) is 3.20. The van der Waals surface area contributed by atoms with Gasteiger partial charge in [-0.15, -0.1) is 0 Å². The van der Waals surface area contributed by atoms with Crippen LogP contribution in [0.15, 0.2) is 6.20 Å². The lowest BCUT2D eigenvalue weighted by molar-refractivity contribution is 0.139. The van der Waals surface area contributed by atoms with Gasteiger partial charge in [0, 0.05) is 26.8 Å². The van der Waals surface area contributed by atoms with Gasteiger partial charge < -0.3 is 9.64 Å². The number of H-pyrrole nitrogens is 1. The topological polar surface area (TPSA) is 105 Å². The molecule has 0 radical (unpaired) electrons. The lowest BCUT2D eigenvalue weighted by Gasteiger charge is -2.32. The van der Waals surface area contributed by atoms with Crippen LogP contribution in [0.2, 0.25) is 0 Å². The zero-order chi connectivity index (χ0) is 13.9. The van der Waals surface area contributed by atoms with Crippen molar-refractivity contribution in [3.8, 4) is 0 Å². The standard InChI is InChI=1S/C12H19N7O/c1-20-7-8-2-4-19(5-3-8)11-9-6-14-18-10(9)15-12(16-11)17-13/h6,8H,2-5,7,13H2,1H3,(H2,14,15,16,17,18). The second-order valence-electron chi connectivity index (χ2n) is 5.03. The Morgan fingerprint density at radius 3 is 2.95 bits per heavy atom. The number of nitrogens with two attached hydrogens (primary N) is 1. The number of nitrogen functional groups attached to an aromatic ring is 1. The SMILES string of the molecule is COCC1CCN(c2nc(NN)nc3[nH]ncc23)CC1. The Morgan fingerprint density at radius 1 is 1.45 bits per heavy atom. The number of hydrogen-bond donors (Lipinski definition) is 3. The van der Waals surface area contributed by atoms with Gasteiger partial charge in [0.2, 0.25) is 5.95 Å². The van der Waals surface area contributed by atoms with E-state index in [4.69, 9.17) is 10.6 Å². The van der Waals surface area contributed by atoms with Crippen molar-refractivity contribution in [2.75, 3.05) is 37.1 Å². The van der Waals surface area contributed by atoms with E-state index in [-0.39, 0.29) is 0 Å². The number of nitrogens with one attached hydrogen (secondary N) is 2. The van der Waals surface area contributed by atoms with E-state index in [2.05, 4.69) is 30.5 Å². The summed E-state index contributed by atoms with van der Waals surface area (Å²) in [5, 5.41) is 7.82. The molecule has 0 aromatic carbocycles. The third-order valence-corrected chi connectivity index (χ3v) is 3.74. The largest absolute Gasteiger partial charge is 0.384 e. The maximum absolute atomic E-state index is 5.43. The number of hydrazine groups is 1. The predicted molar refractivity (Wildman–Crippen MR) is 76.3 cm³/mol. The fourth-order valence-corrected chi connectivity index (χ4v) is 2.67. The molecule has 8 nitrogen and oxygen atoms in total. The number of nitrogens with zero attached hydrogens (tertiary/aromatic N) is 4. The van der Waals surface area contributed by atoms with Gasteiger partial charge >= 0.3 is 0 Å². The van der Waals surface area contributed by atoms with Gasteiger partial charge in [-0.1, -0.05) is 0 Å². The molecule has 2 aromatic heterocycles. The average Bonchev–Trinajstić information content (AvgIpc) is 2.95. The van der Waals surface area contributed by atoms with Gasteiger partial charge in [-0.2, -0.15) is 15.1 Å². The van der Waals surface area contributed by atoms with E-state index < -0.39 is 0 Å². The number of fused-ring (bicyclic) bond motifs is 1. The Hall–Kier alpha value is -1.93. The van der Waals surface area contributed by atoms with Crippen LogP contribution in [0, 0.1) is 5.92 Å². The average molecular weight is 277 g/mol. The van der Waals surface area contributed by atoms with Crippen LogP contribution in [-0.4, -0.2) is 47.0 Å². The number of hydrogen-bond acceptors (Lipinski definition) is 7. The van der Waals surface area contributed by atoms with Crippen LogP contribution < -0.4 is 16.2 Å². The maximum Gasteiger partial charge on any atom is 0.241 e. The van der Waals surface area contributed by atoms with Crippen LogP contribution in [0.4, 0.5) is 11.8 Å². The van der Waals surface area contributed by atoms with E-state index in [0.717, 1.165) is 43.7 Å². The molecule has 1 aliphatic rings. The molecule has 0 aliphatic carbocycles. The van der Waals surface area contributed by atoms with Gasteiger partial charge in [0.25, 0.3) is 0 Å². The van der Waals surface area contributed by atoms with Crippen LogP contribution in [0.1, 0.15) is 12.8 Å². The highest BCUT2D eigenvalue weighted by Gasteiger charge is 2.22. The molecule has 3 heterocycles. The van der Waals surface area contributed by atoms with E-state index in [1.54, 1.807) is 13.3 Å². The summed E-state index contributed by atoms with van der Waals surface area (Å²) in [7, 11) is 1.75. The number of anilines is 2. The van der Waals surface area contributed by atoms with Crippen LogP contribution in [0.5, 0.6) is 0 Å². The van der Waals surface area contributed by atoms with Crippen LogP contribution in [0.3, 0.4) is 0 Å².